The maximum atomic E-state index is 4.71. The van der Waals surface area contributed by atoms with Gasteiger partial charge in [0.1, 0.15) is 0 Å². The van der Waals surface area contributed by atoms with Gasteiger partial charge in [-0.05, 0) is 26.0 Å². The molecule has 128 valence electrons. The average Bonchev–Trinajstić information content (AvgIpc) is 3.07. The Morgan fingerprint density at radius 3 is 2.83 bits per heavy atom. The van der Waals surface area contributed by atoms with Gasteiger partial charge in [-0.1, -0.05) is 0 Å². The number of hydrogen-bond acceptors (Lipinski definition) is 3. The van der Waals surface area contributed by atoms with Gasteiger partial charge in [-0.3, -0.25) is 4.99 Å². The molecule has 0 aliphatic rings. The Kier molecular flexibility index (Phi) is 8.60. The van der Waals surface area contributed by atoms with Crippen molar-refractivity contribution < 1.29 is 0 Å². The molecule has 0 bridgehead atoms. The second kappa shape index (κ2) is 9.92. The molecule has 0 saturated heterocycles. The lowest BCUT2D eigenvalue weighted by molar-refractivity contribution is 0.462. The van der Waals surface area contributed by atoms with E-state index in [1.54, 1.807) is 11.3 Å². The van der Waals surface area contributed by atoms with Crippen molar-refractivity contribution in [3.63, 3.8) is 0 Å². The van der Waals surface area contributed by atoms with Gasteiger partial charge in [-0.15, -0.1) is 35.3 Å². The largest absolute Gasteiger partial charge is 0.357 e. The Balaban J connectivity index is 0.00000264. The first-order valence-corrected chi connectivity index (χ1v) is 8.48. The van der Waals surface area contributed by atoms with Crippen molar-refractivity contribution in [3.8, 4) is 0 Å². The molecule has 0 radical (unpaired) electrons. The number of thiazole rings is 1. The third-order valence-electron chi connectivity index (χ3n) is 3.44. The quantitative estimate of drug-likeness (QED) is 0.421. The van der Waals surface area contributed by atoms with Gasteiger partial charge >= 0.3 is 0 Å². The number of aromatic nitrogens is 2. The lowest BCUT2D eigenvalue weighted by Crippen LogP contribution is -2.39. The predicted molar refractivity (Wildman–Crippen MR) is 109 cm³/mol. The first kappa shape index (κ1) is 20.0. The summed E-state index contributed by atoms with van der Waals surface area (Å²) in [7, 11) is 4.14. The Morgan fingerprint density at radius 1 is 1.48 bits per heavy atom. The van der Waals surface area contributed by atoms with E-state index >= 15 is 0 Å². The van der Waals surface area contributed by atoms with Crippen LogP contribution in [0.3, 0.4) is 0 Å². The molecule has 0 amide bonds. The molecule has 0 fully saturated rings. The molecule has 2 aromatic heterocycles. The molecule has 0 atom stereocenters. The molecule has 0 unspecified atom stereocenters. The summed E-state index contributed by atoms with van der Waals surface area (Å²) in [5.74, 6) is 0.940. The van der Waals surface area contributed by atoms with E-state index in [1.165, 1.54) is 5.69 Å². The topological polar surface area (TPSA) is 45.5 Å². The van der Waals surface area contributed by atoms with Crippen LogP contribution < -0.4 is 5.32 Å². The SMILES string of the molecule is CCNC(=NCCc1csc(C)n1)N(C)Cc1cccn1C.I. The average molecular weight is 447 g/mol. The minimum atomic E-state index is 0. The maximum absolute atomic E-state index is 4.71. The molecule has 1 N–H and O–H groups in total. The van der Waals surface area contributed by atoms with E-state index in [0.717, 1.165) is 42.7 Å². The van der Waals surface area contributed by atoms with Gasteiger partial charge in [0.25, 0.3) is 0 Å². The fraction of sp³-hybridized carbons (Fsp3) is 0.500. The number of halogens is 1. The summed E-state index contributed by atoms with van der Waals surface area (Å²) in [6.07, 6.45) is 2.95. The normalized spacial score (nSPS) is 11.2. The molecular weight excluding hydrogens is 421 g/mol. The fourth-order valence-electron chi connectivity index (χ4n) is 2.25. The molecular formula is C16H26IN5S. The van der Waals surface area contributed by atoms with E-state index in [1.807, 2.05) is 6.92 Å². The number of hydrogen-bond donors (Lipinski definition) is 1. The van der Waals surface area contributed by atoms with Crippen LogP contribution in [0.4, 0.5) is 0 Å². The van der Waals surface area contributed by atoms with Gasteiger partial charge in [0.05, 0.1) is 17.2 Å². The molecule has 5 nitrogen and oxygen atoms in total. The van der Waals surface area contributed by atoms with Crippen LogP contribution in [-0.2, 0) is 20.0 Å². The van der Waals surface area contributed by atoms with Gasteiger partial charge in [0.15, 0.2) is 5.96 Å². The van der Waals surface area contributed by atoms with E-state index < -0.39 is 0 Å². The van der Waals surface area contributed by atoms with Crippen molar-refractivity contribution in [2.75, 3.05) is 20.1 Å². The Bertz CT molecular complexity index is 620. The Morgan fingerprint density at radius 2 is 2.26 bits per heavy atom. The summed E-state index contributed by atoms with van der Waals surface area (Å²) in [4.78, 5) is 11.4. The van der Waals surface area contributed by atoms with Crippen molar-refractivity contribution in [1.82, 2.24) is 19.8 Å². The standard InChI is InChI=1S/C16H25N5S.HI/c1-5-17-16(18-9-8-14-12-22-13(2)19-14)21(4)11-15-7-6-10-20(15)3;/h6-7,10,12H,5,8-9,11H2,1-4H3,(H,17,18);1H. The summed E-state index contributed by atoms with van der Waals surface area (Å²) in [6, 6.07) is 4.20. The van der Waals surface area contributed by atoms with Crippen LogP contribution in [0.2, 0.25) is 0 Å². The second-order valence-corrected chi connectivity index (χ2v) is 6.37. The molecule has 2 aromatic rings. The lowest BCUT2D eigenvalue weighted by Gasteiger charge is -2.22. The molecule has 0 spiro atoms. The first-order chi connectivity index (χ1) is 10.6. The van der Waals surface area contributed by atoms with E-state index in [9.17, 15) is 0 Å². The van der Waals surface area contributed by atoms with Gasteiger partial charge < -0.3 is 14.8 Å². The van der Waals surface area contributed by atoms with E-state index in [0.29, 0.717) is 0 Å². The summed E-state index contributed by atoms with van der Waals surface area (Å²) in [5, 5.41) is 6.59. The van der Waals surface area contributed by atoms with E-state index in [4.69, 9.17) is 4.99 Å². The van der Waals surface area contributed by atoms with Crippen molar-refractivity contribution in [3.05, 3.63) is 40.1 Å². The van der Waals surface area contributed by atoms with Crippen LogP contribution in [0.15, 0.2) is 28.7 Å². The lowest BCUT2D eigenvalue weighted by atomic mass is 10.3. The minimum absolute atomic E-state index is 0. The smallest absolute Gasteiger partial charge is 0.194 e. The number of nitrogens with zero attached hydrogens (tertiary/aromatic N) is 4. The van der Waals surface area contributed by atoms with Crippen LogP contribution in [0, 0.1) is 6.92 Å². The van der Waals surface area contributed by atoms with E-state index in [-0.39, 0.29) is 24.0 Å². The molecule has 0 aromatic carbocycles. The Labute approximate surface area is 159 Å². The third-order valence-corrected chi connectivity index (χ3v) is 4.27. The van der Waals surface area contributed by atoms with Crippen molar-refractivity contribution in [2.45, 2.75) is 26.8 Å². The van der Waals surface area contributed by atoms with Crippen molar-refractivity contribution in [2.24, 2.45) is 12.0 Å². The Hall–Kier alpha value is -1.09. The zero-order valence-corrected chi connectivity index (χ0v) is 17.4. The number of nitrogens with one attached hydrogen (secondary N) is 1. The first-order valence-electron chi connectivity index (χ1n) is 7.60. The zero-order valence-electron chi connectivity index (χ0n) is 14.2. The van der Waals surface area contributed by atoms with Gasteiger partial charge in [-0.25, -0.2) is 4.98 Å². The number of aryl methyl sites for hydroxylation is 2. The fourth-order valence-corrected chi connectivity index (χ4v) is 2.89. The van der Waals surface area contributed by atoms with E-state index in [2.05, 4.69) is 64.5 Å². The van der Waals surface area contributed by atoms with Crippen LogP contribution in [0.25, 0.3) is 0 Å². The van der Waals surface area contributed by atoms with Crippen LogP contribution in [0.5, 0.6) is 0 Å². The molecule has 0 saturated carbocycles. The van der Waals surface area contributed by atoms with Gasteiger partial charge in [0, 0.05) is 50.9 Å². The minimum Gasteiger partial charge on any atom is -0.357 e. The second-order valence-electron chi connectivity index (χ2n) is 5.31. The van der Waals surface area contributed by atoms with Gasteiger partial charge in [0.2, 0.25) is 0 Å². The molecule has 7 heteroatoms. The highest BCUT2D eigenvalue weighted by Crippen LogP contribution is 2.08. The van der Waals surface area contributed by atoms with Crippen LogP contribution in [-0.4, -0.2) is 40.5 Å². The van der Waals surface area contributed by atoms with Crippen molar-refractivity contribution in [1.29, 1.82) is 0 Å². The van der Waals surface area contributed by atoms with Crippen molar-refractivity contribution >= 4 is 41.3 Å². The van der Waals surface area contributed by atoms with Crippen LogP contribution >= 0.6 is 35.3 Å². The third kappa shape index (κ3) is 6.14. The summed E-state index contributed by atoms with van der Waals surface area (Å²) < 4.78 is 2.14. The summed E-state index contributed by atoms with van der Waals surface area (Å²) >= 11 is 1.70. The molecule has 2 heterocycles. The monoisotopic (exact) mass is 447 g/mol. The maximum Gasteiger partial charge on any atom is 0.194 e. The molecule has 0 aliphatic carbocycles. The van der Waals surface area contributed by atoms with Gasteiger partial charge in [-0.2, -0.15) is 0 Å². The molecule has 23 heavy (non-hydrogen) atoms. The molecule has 2 rings (SSSR count). The van der Waals surface area contributed by atoms with Crippen LogP contribution in [0.1, 0.15) is 23.3 Å². The zero-order chi connectivity index (χ0) is 15.9. The highest BCUT2D eigenvalue weighted by Gasteiger charge is 2.08. The number of rotatable bonds is 6. The summed E-state index contributed by atoms with van der Waals surface area (Å²) in [6.45, 7) is 6.59. The highest BCUT2D eigenvalue weighted by molar-refractivity contribution is 14.0. The molecule has 0 aliphatic heterocycles. The summed E-state index contributed by atoms with van der Waals surface area (Å²) in [5.41, 5.74) is 2.40. The number of aliphatic imine (C=N–C) groups is 1. The number of guanidine groups is 1. The highest BCUT2D eigenvalue weighted by atomic mass is 127. The predicted octanol–water partition coefficient (Wildman–Crippen LogP) is 3.05.